The Morgan fingerprint density at radius 1 is 0.221 bits per heavy atom. The maximum atomic E-state index is 5.53. The molecule has 4 aliphatic rings. The SMILES string of the molecule is CC1(C)c2ccccc2-c2ccc3c4ccccc4n(-c4ccccc4-c4nc(-c5ccccc5)nc5c4-c4ccccc4[Si]5(C)C)c3c21.C[Si]1(C)c2ccccc2-c2c(-c3ccccc3-n3c4ccccc4c4ccc5c6ccccc6n(-c6ccccc6)c5c43)nc(-c3ccccc3)nc21.C[Si]1(C)c2ccccc2-c2c(-c3ccccc3-n3c4ccccc4c4ccc5c6ccccc6sc5c43)nc(-c3ccccc3)nc21. The Bertz CT molecular complexity index is 10300. The zero-order valence-corrected chi connectivity index (χ0v) is 87.4. The van der Waals surface area contributed by atoms with E-state index in [-0.39, 0.29) is 5.41 Å². The molecule has 0 saturated carbocycles. The lowest BCUT2D eigenvalue weighted by atomic mass is 9.81. The minimum Gasteiger partial charge on any atom is -0.308 e. The van der Waals surface area contributed by atoms with Gasteiger partial charge in [0.05, 0.1) is 83.0 Å². The molecule has 19 aromatic carbocycles. The van der Waals surface area contributed by atoms with Gasteiger partial charge in [-0.05, 0) is 115 Å². The van der Waals surface area contributed by atoms with E-state index < -0.39 is 24.2 Å². The van der Waals surface area contributed by atoms with Crippen molar-refractivity contribution in [3.63, 3.8) is 0 Å². The highest BCUT2D eigenvalue weighted by molar-refractivity contribution is 7.26. The van der Waals surface area contributed by atoms with E-state index in [1.165, 1.54) is 189 Å². The number of thiophene rings is 1. The van der Waals surface area contributed by atoms with Gasteiger partial charge in [-0.1, -0.05) is 441 Å². The van der Waals surface area contributed by atoms with E-state index in [1.54, 1.807) is 0 Å². The number of hydrogen-bond donors (Lipinski definition) is 0. The Morgan fingerprint density at radius 2 is 0.517 bits per heavy atom. The van der Waals surface area contributed by atoms with Crippen molar-refractivity contribution in [2.45, 2.75) is 58.5 Å². The first-order chi connectivity index (χ1) is 73.0. The van der Waals surface area contributed by atoms with Crippen LogP contribution in [0.3, 0.4) is 0 Å². The number of benzene rings is 19. The molecule has 10 nitrogen and oxygen atoms in total. The van der Waals surface area contributed by atoms with E-state index in [2.05, 4.69) is 520 Å². The maximum absolute atomic E-state index is 5.53. The van der Waals surface area contributed by atoms with Crippen molar-refractivity contribution in [3.05, 3.63) is 460 Å². The summed E-state index contributed by atoms with van der Waals surface area (Å²) in [7, 11) is -6.34. The highest BCUT2D eigenvalue weighted by Crippen LogP contribution is 2.56. The van der Waals surface area contributed by atoms with Gasteiger partial charge in [-0.25, -0.2) is 29.9 Å². The summed E-state index contributed by atoms with van der Waals surface area (Å²) < 4.78 is 12.6. The Balaban J connectivity index is 0.000000105. The average molecular weight is 1980 g/mol. The molecule has 706 valence electrons. The minimum absolute atomic E-state index is 0.169. The van der Waals surface area contributed by atoms with Crippen LogP contribution >= 0.6 is 11.3 Å². The monoisotopic (exact) mass is 1970 g/mol. The molecule has 0 fully saturated rings. The van der Waals surface area contributed by atoms with Crippen LogP contribution in [0.4, 0.5) is 0 Å². The smallest absolute Gasteiger partial charge is 0.159 e. The van der Waals surface area contributed by atoms with Gasteiger partial charge >= 0.3 is 0 Å². The molecule has 1 aliphatic carbocycles. The topological polar surface area (TPSA) is 97.1 Å². The molecule has 31 rings (SSSR count). The van der Waals surface area contributed by atoms with Crippen molar-refractivity contribution in [1.82, 2.24) is 48.2 Å². The molecule has 0 N–H and O–H groups in total. The van der Waals surface area contributed by atoms with Gasteiger partial charge in [0.2, 0.25) is 0 Å². The van der Waals surface area contributed by atoms with Gasteiger partial charge in [0.25, 0.3) is 0 Å². The van der Waals surface area contributed by atoms with E-state index in [9.17, 15) is 0 Å². The van der Waals surface area contributed by atoms with Crippen LogP contribution in [0.25, 0.3) is 243 Å². The molecule has 8 aromatic heterocycles. The number of fused-ring (bicyclic) bond motifs is 30. The first-order valence-corrected chi connectivity index (χ1v) is 61.4. The second kappa shape index (κ2) is 33.5. The highest BCUT2D eigenvalue weighted by atomic mass is 32.1. The summed E-state index contributed by atoms with van der Waals surface area (Å²) >= 11 is 1.89. The minimum atomic E-state index is -2.14. The molecule has 0 bridgehead atoms. The van der Waals surface area contributed by atoms with E-state index in [4.69, 9.17) is 29.9 Å². The number of hydrogen-bond acceptors (Lipinski definition) is 7. The molecule has 0 atom stereocenters. The Kier molecular flexibility index (Phi) is 19.8. The van der Waals surface area contributed by atoms with Crippen molar-refractivity contribution in [2.75, 3.05) is 0 Å². The summed E-state index contributed by atoms with van der Waals surface area (Å²) in [5.41, 5.74) is 36.2. The summed E-state index contributed by atoms with van der Waals surface area (Å²) in [6.07, 6.45) is 0. The fourth-order valence-corrected chi connectivity index (χ4v) is 35.6. The zero-order valence-electron chi connectivity index (χ0n) is 83.6. The second-order valence-corrected chi connectivity index (χ2v) is 56.0. The van der Waals surface area contributed by atoms with Crippen LogP contribution in [-0.4, -0.2) is 72.4 Å². The fraction of sp³-hybridized carbons (Fsp3) is 0.0667. The lowest BCUT2D eigenvalue weighted by molar-refractivity contribution is 0.664. The Morgan fingerprint density at radius 3 is 0.940 bits per heavy atom. The molecule has 0 amide bonds. The number of para-hydroxylation sites is 8. The number of rotatable bonds is 10. The number of nitrogens with zero attached hydrogens (tertiary/aromatic N) is 10. The molecule has 14 heteroatoms. The molecular formula is C135H98N10SSi3. The second-order valence-electron chi connectivity index (χ2n) is 42.1. The molecule has 0 spiro atoms. The quantitative estimate of drug-likeness (QED) is 0.127. The van der Waals surface area contributed by atoms with Crippen LogP contribution < -0.4 is 31.5 Å². The lowest BCUT2D eigenvalue weighted by Gasteiger charge is -2.24. The molecular weight excluding hydrogens is 1880 g/mol. The van der Waals surface area contributed by atoms with Crippen LogP contribution in [0.2, 0.25) is 39.3 Å². The lowest BCUT2D eigenvalue weighted by Crippen LogP contribution is -2.50. The molecule has 149 heavy (non-hydrogen) atoms. The van der Waals surface area contributed by atoms with Gasteiger partial charge < -0.3 is 18.3 Å². The van der Waals surface area contributed by atoms with Gasteiger partial charge in [-0.3, -0.25) is 0 Å². The van der Waals surface area contributed by atoms with Gasteiger partial charge in [-0.2, -0.15) is 0 Å². The fourth-order valence-electron chi connectivity index (χ4n) is 25.6. The van der Waals surface area contributed by atoms with Crippen molar-refractivity contribution in [3.8, 4) is 135 Å². The Labute approximate surface area is 869 Å². The average Bonchev–Trinajstić information content (AvgIpc) is 1.54. The van der Waals surface area contributed by atoms with Crippen molar-refractivity contribution in [2.24, 2.45) is 0 Å². The highest BCUT2D eigenvalue weighted by Gasteiger charge is 2.47. The van der Waals surface area contributed by atoms with Crippen LogP contribution in [0.15, 0.2) is 449 Å². The van der Waals surface area contributed by atoms with E-state index in [1.807, 2.05) is 11.3 Å². The third kappa shape index (κ3) is 13.1. The summed E-state index contributed by atoms with van der Waals surface area (Å²) in [6.45, 7) is 19.4. The van der Waals surface area contributed by atoms with Crippen molar-refractivity contribution < 1.29 is 0 Å². The molecule has 0 saturated heterocycles. The predicted octanol–water partition coefficient (Wildman–Crippen LogP) is 30.9. The third-order valence-electron chi connectivity index (χ3n) is 32.4. The van der Waals surface area contributed by atoms with Gasteiger partial charge in [0.1, 0.15) is 24.2 Å². The van der Waals surface area contributed by atoms with Crippen molar-refractivity contribution in [1.29, 1.82) is 0 Å². The first-order valence-electron chi connectivity index (χ1n) is 51.6. The van der Waals surface area contributed by atoms with Crippen LogP contribution in [-0.2, 0) is 5.41 Å². The predicted molar refractivity (Wildman–Crippen MR) is 633 cm³/mol. The number of aromatic nitrogens is 10. The summed E-state index contributed by atoms with van der Waals surface area (Å²) in [5.74, 6) is 2.35. The molecule has 3 aliphatic heterocycles. The molecule has 27 aromatic rings. The maximum Gasteiger partial charge on any atom is 0.159 e. The van der Waals surface area contributed by atoms with Crippen LogP contribution in [0.1, 0.15) is 25.0 Å². The van der Waals surface area contributed by atoms with E-state index in [0.717, 1.165) is 96.2 Å². The van der Waals surface area contributed by atoms with Gasteiger partial charge in [-0.15, -0.1) is 11.3 Å². The molecule has 0 unspecified atom stereocenters. The third-order valence-corrected chi connectivity index (χ3v) is 43.6. The molecule has 0 radical (unpaired) electrons. The first kappa shape index (κ1) is 88.0. The molecule has 11 heterocycles. The standard InChI is InChI=1S/C48H34N4Si.C45H35N3Si.C42H29N3SSi/c1-53(2)42-28-16-12-24-38(42)43-44(49-47(50-48(43)53)31-17-5-3-6-18-31)37-23-11-15-27-41(37)52-40-26-14-10-22-34(40)36-30-29-35-33-21-9-13-25-39(33)51(45(35)46(36)52)32-19-7-4-8-20-32;1-45(2)35-22-12-8-18-29(35)31-26-27-32-30-19-9-13-23-36(30)48(42(32)40(31)45)37-24-14-10-20-33(37)41-39-34-21-11-15-25-38(34)49(3,4)44(39)47-43(46-41)28-16-6-5-7-17-28;1-47(2)36-23-13-9-19-32(36)37-38(43-41(44-42(37)47)26-14-4-3-5-15-26)31-18-7-11-21-34(31)45-33-20-10-6-16-27(33)29-24-25-30-28-17-8-12-22-35(28)46-40(30)39(29)45/h3-30H,1-2H3;5-27H,1-4H3;3-25H,1-2H3. The summed E-state index contributed by atoms with van der Waals surface area (Å²) in [5, 5.41) is 20.5. The van der Waals surface area contributed by atoms with Gasteiger partial charge in [0, 0.05) is 136 Å². The van der Waals surface area contributed by atoms with Gasteiger partial charge in [0.15, 0.2) is 17.5 Å². The largest absolute Gasteiger partial charge is 0.308 e. The summed E-state index contributed by atoms with van der Waals surface area (Å²) in [4.78, 5) is 32.7. The summed E-state index contributed by atoms with van der Waals surface area (Å²) in [6, 6.07) is 163. The van der Waals surface area contributed by atoms with Crippen molar-refractivity contribution >= 4 is 174 Å². The van der Waals surface area contributed by atoms with Crippen LogP contribution in [0, 0.1) is 0 Å². The normalized spacial score (nSPS) is 13.9. The van der Waals surface area contributed by atoms with E-state index >= 15 is 0 Å². The van der Waals surface area contributed by atoms with E-state index in [0.29, 0.717) is 0 Å². The Hall–Kier alpha value is -17.5. The van der Waals surface area contributed by atoms with Crippen LogP contribution in [0.5, 0.6) is 0 Å². The zero-order chi connectivity index (χ0) is 99.6.